The van der Waals surface area contributed by atoms with Crippen LogP contribution < -0.4 is 10.1 Å². The first-order valence-corrected chi connectivity index (χ1v) is 9.57. The average molecular weight is 387 g/mol. The number of thiazole rings is 1. The molecule has 0 atom stereocenters. The van der Waals surface area contributed by atoms with Crippen LogP contribution in [0.1, 0.15) is 16.3 Å². The van der Waals surface area contributed by atoms with Gasteiger partial charge in [-0.15, -0.1) is 11.3 Å². The molecule has 1 amide bonds. The lowest BCUT2D eigenvalue weighted by molar-refractivity contribution is -0.120. The van der Waals surface area contributed by atoms with E-state index in [1.54, 1.807) is 12.1 Å². The van der Waals surface area contributed by atoms with Crippen LogP contribution in [0.3, 0.4) is 0 Å². The number of hydrogen-bond donors (Lipinski definition) is 1. The molecule has 134 valence electrons. The van der Waals surface area contributed by atoms with Gasteiger partial charge in [0, 0.05) is 16.9 Å². The van der Waals surface area contributed by atoms with Crippen LogP contribution in [0, 0.1) is 0 Å². The fraction of sp³-hybridized carbons (Fsp3) is 0.200. The smallest absolute Gasteiger partial charge is 0.226 e. The van der Waals surface area contributed by atoms with Crippen molar-refractivity contribution in [2.45, 2.75) is 19.4 Å². The summed E-state index contributed by atoms with van der Waals surface area (Å²) in [6.45, 7) is 1.00. The fourth-order valence-corrected chi connectivity index (χ4v) is 3.22. The predicted molar refractivity (Wildman–Crippen MR) is 105 cm³/mol. The maximum Gasteiger partial charge on any atom is 0.226 e. The molecule has 3 rings (SSSR count). The van der Waals surface area contributed by atoms with E-state index in [1.807, 2.05) is 35.7 Å². The Bertz CT molecular complexity index is 835. The quantitative estimate of drug-likeness (QED) is 0.628. The van der Waals surface area contributed by atoms with Crippen molar-refractivity contribution in [3.8, 4) is 5.75 Å². The molecule has 3 aromatic rings. The van der Waals surface area contributed by atoms with Gasteiger partial charge in [-0.2, -0.15) is 0 Å². The third-order valence-electron chi connectivity index (χ3n) is 3.70. The van der Waals surface area contributed by atoms with Crippen LogP contribution in [0.4, 0.5) is 0 Å². The summed E-state index contributed by atoms with van der Waals surface area (Å²) in [5.74, 6) is 0.723. The molecule has 26 heavy (non-hydrogen) atoms. The Kier molecular flexibility index (Phi) is 6.63. The van der Waals surface area contributed by atoms with Gasteiger partial charge in [-0.1, -0.05) is 41.9 Å². The van der Waals surface area contributed by atoms with E-state index >= 15 is 0 Å². The second-order valence-electron chi connectivity index (χ2n) is 5.74. The highest BCUT2D eigenvalue weighted by atomic mass is 35.5. The minimum absolute atomic E-state index is 0.0172. The Labute approximate surface area is 161 Å². The van der Waals surface area contributed by atoms with Gasteiger partial charge in [0.1, 0.15) is 17.4 Å². The van der Waals surface area contributed by atoms with Crippen molar-refractivity contribution in [1.82, 2.24) is 10.3 Å². The molecule has 0 radical (unpaired) electrons. The first-order chi connectivity index (χ1) is 12.7. The summed E-state index contributed by atoms with van der Waals surface area (Å²) in [4.78, 5) is 16.5. The summed E-state index contributed by atoms with van der Waals surface area (Å²) < 4.78 is 5.67. The molecule has 0 aliphatic carbocycles. The van der Waals surface area contributed by atoms with Crippen molar-refractivity contribution in [2.75, 3.05) is 6.54 Å². The standard InChI is InChI=1S/C20H19ClN2O2S/c21-16-6-8-18(9-7-16)25-13-20-23-17(14-26-20)12-19(24)22-11-10-15-4-2-1-3-5-15/h1-9,14H,10-13H2,(H,22,24). The van der Waals surface area contributed by atoms with E-state index < -0.39 is 0 Å². The van der Waals surface area contributed by atoms with E-state index in [-0.39, 0.29) is 12.3 Å². The lowest BCUT2D eigenvalue weighted by atomic mass is 10.1. The van der Waals surface area contributed by atoms with Crippen LogP contribution in [0.25, 0.3) is 0 Å². The number of carbonyl (C=O) groups excluding carboxylic acids is 1. The number of benzene rings is 2. The molecule has 1 N–H and O–H groups in total. The number of hydrogen-bond acceptors (Lipinski definition) is 4. The minimum atomic E-state index is -0.0172. The van der Waals surface area contributed by atoms with Crippen molar-refractivity contribution in [3.63, 3.8) is 0 Å². The number of ether oxygens (including phenoxy) is 1. The molecule has 1 aromatic heterocycles. The van der Waals surface area contributed by atoms with Gasteiger partial charge < -0.3 is 10.1 Å². The molecular weight excluding hydrogens is 368 g/mol. The summed E-state index contributed by atoms with van der Waals surface area (Å²) >= 11 is 7.34. The molecule has 0 spiro atoms. The second kappa shape index (κ2) is 9.36. The van der Waals surface area contributed by atoms with E-state index in [0.717, 1.165) is 22.9 Å². The van der Waals surface area contributed by atoms with Crippen molar-refractivity contribution in [3.05, 3.63) is 81.3 Å². The fourth-order valence-electron chi connectivity index (χ4n) is 2.39. The zero-order valence-electron chi connectivity index (χ0n) is 14.2. The first-order valence-electron chi connectivity index (χ1n) is 8.31. The Morgan fingerprint density at radius 1 is 1.12 bits per heavy atom. The van der Waals surface area contributed by atoms with Crippen molar-refractivity contribution < 1.29 is 9.53 Å². The lowest BCUT2D eigenvalue weighted by Crippen LogP contribution is -2.27. The van der Waals surface area contributed by atoms with Crippen LogP contribution >= 0.6 is 22.9 Å². The van der Waals surface area contributed by atoms with E-state index in [2.05, 4.69) is 22.4 Å². The lowest BCUT2D eigenvalue weighted by Gasteiger charge is -2.04. The molecule has 1 heterocycles. The normalized spacial score (nSPS) is 10.5. The van der Waals surface area contributed by atoms with Gasteiger partial charge >= 0.3 is 0 Å². The summed E-state index contributed by atoms with van der Waals surface area (Å²) in [5, 5.41) is 6.35. The number of halogens is 1. The third-order valence-corrected chi connectivity index (χ3v) is 4.82. The summed E-state index contributed by atoms with van der Waals surface area (Å²) in [6, 6.07) is 17.3. The third kappa shape index (κ3) is 5.86. The Hall–Kier alpha value is -2.37. The van der Waals surface area contributed by atoms with Crippen LogP contribution in [0.5, 0.6) is 5.75 Å². The second-order valence-corrected chi connectivity index (χ2v) is 7.12. The Morgan fingerprint density at radius 3 is 2.65 bits per heavy atom. The maximum atomic E-state index is 12.0. The Morgan fingerprint density at radius 2 is 1.88 bits per heavy atom. The largest absolute Gasteiger partial charge is 0.486 e. The van der Waals surface area contributed by atoms with Gasteiger partial charge in [0.15, 0.2) is 0 Å². The molecule has 0 aliphatic heterocycles. The minimum Gasteiger partial charge on any atom is -0.486 e. The monoisotopic (exact) mass is 386 g/mol. The topological polar surface area (TPSA) is 51.2 Å². The average Bonchev–Trinajstić information content (AvgIpc) is 3.09. The highest BCUT2D eigenvalue weighted by molar-refractivity contribution is 7.09. The Balaban J connectivity index is 1.41. The van der Waals surface area contributed by atoms with Crippen LogP contribution in [0.2, 0.25) is 5.02 Å². The number of rotatable bonds is 8. The summed E-state index contributed by atoms with van der Waals surface area (Å²) in [5.41, 5.74) is 1.98. The molecule has 4 nitrogen and oxygen atoms in total. The molecule has 0 bridgehead atoms. The van der Waals surface area contributed by atoms with Crippen LogP contribution in [-0.2, 0) is 24.2 Å². The highest BCUT2D eigenvalue weighted by Gasteiger charge is 2.08. The van der Waals surface area contributed by atoms with E-state index in [4.69, 9.17) is 16.3 Å². The zero-order chi connectivity index (χ0) is 18.2. The van der Waals surface area contributed by atoms with Crippen molar-refractivity contribution >= 4 is 28.8 Å². The molecule has 0 saturated heterocycles. The number of aromatic nitrogens is 1. The molecular formula is C20H19ClN2O2S. The van der Waals surface area contributed by atoms with Gasteiger partial charge in [-0.3, -0.25) is 4.79 Å². The molecule has 0 aliphatic rings. The van der Waals surface area contributed by atoms with Crippen LogP contribution in [0.15, 0.2) is 60.0 Å². The first kappa shape index (κ1) is 18.4. The van der Waals surface area contributed by atoms with Crippen molar-refractivity contribution in [1.29, 1.82) is 0 Å². The summed E-state index contributed by atoms with van der Waals surface area (Å²) in [7, 11) is 0. The number of nitrogens with zero attached hydrogens (tertiary/aromatic N) is 1. The van der Waals surface area contributed by atoms with Gasteiger partial charge in [-0.05, 0) is 36.2 Å². The molecule has 2 aromatic carbocycles. The van der Waals surface area contributed by atoms with Crippen molar-refractivity contribution in [2.24, 2.45) is 0 Å². The number of amides is 1. The molecule has 0 unspecified atom stereocenters. The zero-order valence-corrected chi connectivity index (χ0v) is 15.7. The van der Waals surface area contributed by atoms with Gasteiger partial charge in [0.05, 0.1) is 12.1 Å². The van der Waals surface area contributed by atoms with Gasteiger partial charge in [-0.25, -0.2) is 4.98 Å². The molecule has 6 heteroatoms. The number of carbonyl (C=O) groups is 1. The maximum absolute atomic E-state index is 12.0. The molecule has 0 fully saturated rings. The predicted octanol–water partition coefficient (Wildman–Crippen LogP) is 4.28. The SMILES string of the molecule is O=C(Cc1csc(COc2ccc(Cl)cc2)n1)NCCc1ccccc1. The summed E-state index contributed by atoms with van der Waals surface area (Å²) in [6.07, 6.45) is 1.11. The number of nitrogens with one attached hydrogen (secondary N) is 1. The van der Waals surface area contributed by atoms with Gasteiger partial charge in [0.25, 0.3) is 0 Å². The van der Waals surface area contributed by atoms with E-state index in [9.17, 15) is 4.79 Å². The molecule has 0 saturated carbocycles. The van der Waals surface area contributed by atoms with E-state index in [0.29, 0.717) is 18.2 Å². The van der Waals surface area contributed by atoms with Gasteiger partial charge in [0.2, 0.25) is 5.91 Å². The van der Waals surface area contributed by atoms with E-state index in [1.165, 1.54) is 16.9 Å². The van der Waals surface area contributed by atoms with Crippen LogP contribution in [-0.4, -0.2) is 17.4 Å². The highest BCUT2D eigenvalue weighted by Crippen LogP contribution is 2.18.